The lowest BCUT2D eigenvalue weighted by Gasteiger charge is -2.11. The van der Waals surface area contributed by atoms with Gasteiger partial charge in [-0.2, -0.15) is 0 Å². The first-order chi connectivity index (χ1) is 4.95. The van der Waals surface area contributed by atoms with Crippen LogP contribution in [-0.2, 0) is 9.59 Å². The predicted molar refractivity (Wildman–Crippen MR) is 40.8 cm³/mol. The highest BCUT2D eigenvalue weighted by Crippen LogP contribution is 1.85. The first kappa shape index (κ1) is 10.1. The fourth-order valence-corrected chi connectivity index (χ4v) is 0.440. The zero-order valence-electron chi connectivity index (χ0n) is 6.97. The molecule has 1 radical (unpaired) electrons. The third-order valence-corrected chi connectivity index (χ3v) is 1.36. The van der Waals surface area contributed by atoms with Gasteiger partial charge in [0.25, 0.3) is 0 Å². The Labute approximate surface area is 66.1 Å². The van der Waals surface area contributed by atoms with E-state index < -0.39 is 18.0 Å². The van der Waals surface area contributed by atoms with E-state index in [-0.39, 0.29) is 5.78 Å². The van der Waals surface area contributed by atoms with Gasteiger partial charge in [0.15, 0.2) is 5.78 Å². The molecule has 0 aliphatic heterocycles. The number of carbonyl (C=O) groups excluding carboxylic acids is 2. The largest absolute Gasteiger partial charge is 0.345 e. The molecule has 0 rings (SSSR count). The molecule has 4 heteroatoms. The van der Waals surface area contributed by atoms with Gasteiger partial charge in [0.2, 0.25) is 5.91 Å². The number of ketones is 1. The van der Waals surface area contributed by atoms with Crippen LogP contribution in [-0.4, -0.2) is 23.8 Å². The summed E-state index contributed by atoms with van der Waals surface area (Å²) >= 11 is 0. The Hall–Kier alpha value is -0.900. The molecular weight excluding hydrogens is 144 g/mol. The van der Waals surface area contributed by atoms with Crippen LogP contribution in [0.4, 0.5) is 0 Å². The van der Waals surface area contributed by atoms with Crippen molar-refractivity contribution in [3.8, 4) is 0 Å². The minimum absolute atomic E-state index is 0.0981. The van der Waals surface area contributed by atoms with Crippen molar-refractivity contribution in [3.05, 3.63) is 0 Å². The van der Waals surface area contributed by atoms with E-state index in [1.54, 1.807) is 6.92 Å². The standard InChI is InChI=1S/C7H13N2O2/c1-4(8)7(11)9-5(2)6(3)10/h4-5,8H,1-3H3,(H,9,11). The number of nitrogens with one attached hydrogen (secondary N) is 2. The number of carbonyl (C=O) groups is 2. The molecule has 0 fully saturated rings. The molecule has 2 N–H and O–H groups in total. The third-order valence-electron chi connectivity index (χ3n) is 1.36. The molecule has 0 aromatic rings. The Morgan fingerprint density at radius 3 is 2.09 bits per heavy atom. The molecule has 0 saturated carbocycles. The first-order valence-corrected chi connectivity index (χ1v) is 3.47. The van der Waals surface area contributed by atoms with E-state index in [9.17, 15) is 9.59 Å². The van der Waals surface area contributed by atoms with Gasteiger partial charge < -0.3 is 5.32 Å². The van der Waals surface area contributed by atoms with Crippen LogP contribution in [0.3, 0.4) is 0 Å². The molecule has 2 unspecified atom stereocenters. The summed E-state index contributed by atoms with van der Waals surface area (Å²) in [5.41, 5.74) is 6.99. The summed E-state index contributed by atoms with van der Waals surface area (Å²) < 4.78 is 0. The van der Waals surface area contributed by atoms with Crippen molar-refractivity contribution in [2.75, 3.05) is 0 Å². The van der Waals surface area contributed by atoms with Gasteiger partial charge in [-0.1, -0.05) is 0 Å². The van der Waals surface area contributed by atoms with Crippen molar-refractivity contribution in [2.24, 2.45) is 0 Å². The number of rotatable bonds is 3. The Morgan fingerprint density at radius 1 is 1.36 bits per heavy atom. The maximum absolute atomic E-state index is 10.8. The van der Waals surface area contributed by atoms with Crippen molar-refractivity contribution in [3.63, 3.8) is 0 Å². The summed E-state index contributed by atoms with van der Waals surface area (Å²) in [7, 11) is 0. The molecular formula is C7H13N2O2. The van der Waals surface area contributed by atoms with Crippen LogP contribution in [0.2, 0.25) is 0 Å². The Kier molecular flexibility index (Phi) is 3.74. The van der Waals surface area contributed by atoms with Gasteiger partial charge in [-0.25, -0.2) is 5.73 Å². The van der Waals surface area contributed by atoms with Gasteiger partial charge in [-0.05, 0) is 20.8 Å². The monoisotopic (exact) mass is 157 g/mol. The number of hydrogen-bond acceptors (Lipinski definition) is 2. The van der Waals surface area contributed by atoms with Crippen LogP contribution in [0.5, 0.6) is 0 Å². The maximum atomic E-state index is 10.8. The second kappa shape index (κ2) is 4.08. The molecule has 11 heavy (non-hydrogen) atoms. The van der Waals surface area contributed by atoms with E-state index in [4.69, 9.17) is 5.73 Å². The molecule has 0 saturated heterocycles. The second-order valence-electron chi connectivity index (χ2n) is 2.56. The topological polar surface area (TPSA) is 70.0 Å². The van der Waals surface area contributed by atoms with Crippen LogP contribution >= 0.6 is 0 Å². The minimum Gasteiger partial charge on any atom is -0.345 e. The van der Waals surface area contributed by atoms with Crippen molar-refractivity contribution in [1.29, 1.82) is 0 Å². The highest BCUT2D eigenvalue weighted by Gasteiger charge is 2.13. The summed E-state index contributed by atoms with van der Waals surface area (Å²) in [6.45, 7) is 4.46. The molecule has 63 valence electrons. The maximum Gasteiger partial charge on any atom is 0.238 e. The Morgan fingerprint density at radius 2 is 1.82 bits per heavy atom. The van der Waals surface area contributed by atoms with Gasteiger partial charge in [0.05, 0.1) is 12.1 Å². The van der Waals surface area contributed by atoms with Gasteiger partial charge in [0.1, 0.15) is 0 Å². The summed E-state index contributed by atoms with van der Waals surface area (Å²) in [6.07, 6.45) is 0. The predicted octanol–water partition coefficient (Wildman–Crippen LogP) is -0.249. The molecule has 0 spiro atoms. The molecule has 0 bridgehead atoms. The van der Waals surface area contributed by atoms with Crippen LogP contribution in [0.25, 0.3) is 0 Å². The SMILES string of the molecule is CC(=O)C(C)NC(=O)C(C)[NH]. The highest BCUT2D eigenvalue weighted by molar-refractivity contribution is 5.88. The smallest absolute Gasteiger partial charge is 0.238 e. The number of hydrogen-bond donors (Lipinski definition) is 1. The zero-order chi connectivity index (χ0) is 9.02. The summed E-state index contributed by atoms with van der Waals surface area (Å²) in [5.74, 6) is -0.508. The lowest BCUT2D eigenvalue weighted by Crippen LogP contribution is -2.42. The van der Waals surface area contributed by atoms with Crippen LogP contribution < -0.4 is 11.1 Å². The van der Waals surface area contributed by atoms with Crippen molar-refractivity contribution in [2.45, 2.75) is 32.9 Å². The normalized spacial score (nSPS) is 15.3. The van der Waals surface area contributed by atoms with E-state index in [2.05, 4.69) is 5.32 Å². The first-order valence-electron chi connectivity index (χ1n) is 3.47. The highest BCUT2D eigenvalue weighted by atomic mass is 16.2. The summed E-state index contributed by atoms with van der Waals surface area (Å²) in [5, 5.41) is 2.40. The van der Waals surface area contributed by atoms with Crippen LogP contribution in [0.1, 0.15) is 20.8 Å². The quantitative estimate of drug-likeness (QED) is 0.613. The van der Waals surface area contributed by atoms with E-state index in [0.29, 0.717) is 0 Å². The van der Waals surface area contributed by atoms with E-state index in [1.807, 2.05) is 0 Å². The van der Waals surface area contributed by atoms with Gasteiger partial charge >= 0.3 is 0 Å². The molecule has 0 heterocycles. The summed E-state index contributed by atoms with van der Waals surface area (Å²) in [6, 6.07) is -1.29. The van der Waals surface area contributed by atoms with Crippen LogP contribution in [0, 0.1) is 0 Å². The summed E-state index contributed by atoms with van der Waals surface area (Å²) in [4.78, 5) is 21.4. The van der Waals surface area contributed by atoms with Crippen molar-refractivity contribution < 1.29 is 9.59 Å². The third kappa shape index (κ3) is 3.72. The molecule has 1 amide bonds. The number of amides is 1. The van der Waals surface area contributed by atoms with Gasteiger partial charge in [0, 0.05) is 0 Å². The van der Waals surface area contributed by atoms with Crippen LogP contribution in [0.15, 0.2) is 0 Å². The van der Waals surface area contributed by atoms with E-state index in [0.717, 1.165) is 0 Å². The zero-order valence-corrected chi connectivity index (χ0v) is 6.97. The molecule has 0 aliphatic carbocycles. The fourth-order valence-electron chi connectivity index (χ4n) is 0.440. The second-order valence-corrected chi connectivity index (χ2v) is 2.56. The minimum atomic E-state index is -0.809. The van der Waals surface area contributed by atoms with Gasteiger partial charge in [-0.3, -0.25) is 9.59 Å². The molecule has 2 atom stereocenters. The fraction of sp³-hybridized carbons (Fsp3) is 0.714. The lowest BCUT2D eigenvalue weighted by molar-refractivity contribution is -0.127. The molecule has 0 aromatic heterocycles. The van der Waals surface area contributed by atoms with E-state index in [1.165, 1.54) is 13.8 Å². The van der Waals surface area contributed by atoms with Crippen molar-refractivity contribution in [1.82, 2.24) is 11.1 Å². The lowest BCUT2D eigenvalue weighted by atomic mass is 10.2. The molecule has 4 nitrogen and oxygen atoms in total. The van der Waals surface area contributed by atoms with E-state index >= 15 is 0 Å². The van der Waals surface area contributed by atoms with Crippen molar-refractivity contribution >= 4 is 11.7 Å². The number of Topliss-reactive ketones (excluding diaryl/α,β-unsaturated/α-hetero) is 1. The average molecular weight is 157 g/mol. The molecule has 0 aliphatic rings. The van der Waals surface area contributed by atoms with Gasteiger partial charge in [-0.15, -0.1) is 0 Å². The molecule has 0 aromatic carbocycles. The Balaban J connectivity index is 3.85. The average Bonchev–Trinajstić information content (AvgIpc) is 1.87. The Bertz CT molecular complexity index is 166.